The van der Waals surface area contributed by atoms with Crippen LogP contribution in [0.2, 0.25) is 0 Å². The Labute approximate surface area is 79.7 Å². The van der Waals surface area contributed by atoms with Crippen LogP contribution in [0.15, 0.2) is 11.3 Å². The summed E-state index contributed by atoms with van der Waals surface area (Å²) in [5.74, 6) is -0.453. The van der Waals surface area contributed by atoms with Crippen molar-refractivity contribution >= 4 is 5.97 Å². The number of cyclic esters (lactones) is 1. The average Bonchev–Trinajstić information content (AvgIpc) is 2.02. The molecule has 0 aromatic carbocycles. The maximum Gasteiger partial charge on any atom is 0.340 e. The number of carbonyl (C=O) groups excluding carboxylic acids is 1. The summed E-state index contributed by atoms with van der Waals surface area (Å²) in [5.41, 5.74) is 0.546. The summed E-state index contributed by atoms with van der Waals surface area (Å²) < 4.78 is 10.2. The third-order valence-electron chi connectivity index (χ3n) is 1.57. The van der Waals surface area contributed by atoms with Crippen LogP contribution in [0.1, 0.15) is 41.5 Å². The van der Waals surface area contributed by atoms with Gasteiger partial charge in [-0.15, -0.1) is 0 Å². The number of allylic oxidation sites excluding steroid dienone is 1. The molecule has 0 atom stereocenters. The van der Waals surface area contributed by atoms with Crippen LogP contribution in [0.5, 0.6) is 0 Å². The smallest absolute Gasteiger partial charge is 0.340 e. The molecule has 3 heteroatoms. The van der Waals surface area contributed by atoms with Crippen molar-refractivity contribution in [1.82, 2.24) is 0 Å². The summed E-state index contributed by atoms with van der Waals surface area (Å²) in [7, 11) is 0. The van der Waals surface area contributed by atoms with Gasteiger partial charge in [-0.3, -0.25) is 0 Å². The van der Waals surface area contributed by atoms with Crippen molar-refractivity contribution in [3.8, 4) is 0 Å². The minimum absolute atomic E-state index is 0.293. The van der Waals surface area contributed by atoms with Gasteiger partial charge >= 0.3 is 5.97 Å². The lowest BCUT2D eigenvalue weighted by atomic mass is 10.2. The first kappa shape index (κ1) is 12.0. The summed E-state index contributed by atoms with van der Waals surface area (Å²) in [6.45, 7) is 10.9. The van der Waals surface area contributed by atoms with E-state index in [1.54, 1.807) is 27.7 Å². The highest BCUT2D eigenvalue weighted by Crippen LogP contribution is 2.25. The van der Waals surface area contributed by atoms with Gasteiger partial charge in [-0.2, -0.15) is 0 Å². The van der Waals surface area contributed by atoms with E-state index < -0.39 is 5.79 Å². The third-order valence-corrected chi connectivity index (χ3v) is 1.57. The molecule has 3 nitrogen and oxygen atoms in total. The molecule has 1 aliphatic rings. The number of esters is 1. The van der Waals surface area contributed by atoms with Gasteiger partial charge in [-0.25, -0.2) is 4.79 Å². The Hall–Kier alpha value is -0.990. The van der Waals surface area contributed by atoms with E-state index >= 15 is 0 Å². The van der Waals surface area contributed by atoms with Gasteiger partial charge in [0.2, 0.25) is 5.79 Å². The van der Waals surface area contributed by atoms with Crippen LogP contribution in [0.3, 0.4) is 0 Å². The lowest BCUT2D eigenvalue weighted by molar-refractivity contribution is -0.207. The first-order valence-electron chi connectivity index (χ1n) is 4.52. The van der Waals surface area contributed by atoms with Crippen molar-refractivity contribution in [2.75, 3.05) is 0 Å². The Kier molecular flexibility index (Phi) is 3.98. The first-order chi connectivity index (χ1) is 5.92. The topological polar surface area (TPSA) is 35.5 Å². The van der Waals surface area contributed by atoms with E-state index in [1.165, 1.54) is 0 Å². The molecule has 0 spiro atoms. The predicted octanol–water partition coefficient (Wildman–Crippen LogP) is 2.62. The van der Waals surface area contributed by atoms with Crippen LogP contribution in [0.4, 0.5) is 0 Å². The molecule has 1 aliphatic heterocycles. The van der Waals surface area contributed by atoms with Crippen LogP contribution in [0.25, 0.3) is 0 Å². The van der Waals surface area contributed by atoms with E-state index in [0.29, 0.717) is 11.3 Å². The molecular formula is C10H18O3. The summed E-state index contributed by atoms with van der Waals surface area (Å²) >= 11 is 0. The highest BCUT2D eigenvalue weighted by Gasteiger charge is 2.31. The molecule has 0 saturated carbocycles. The summed E-state index contributed by atoms with van der Waals surface area (Å²) in [6.07, 6.45) is 0. The Balaban J connectivity index is 0.000000671. The van der Waals surface area contributed by atoms with Crippen molar-refractivity contribution in [1.29, 1.82) is 0 Å². The molecule has 0 bridgehead atoms. The molecule has 0 aromatic rings. The fourth-order valence-corrected chi connectivity index (χ4v) is 0.910. The number of rotatable bonds is 0. The Bertz CT molecular complexity index is 226. The highest BCUT2D eigenvalue weighted by molar-refractivity contribution is 5.89. The fraction of sp³-hybridized carbons (Fsp3) is 0.700. The second-order valence-corrected chi connectivity index (χ2v) is 3.07. The molecule has 0 amide bonds. The van der Waals surface area contributed by atoms with Gasteiger partial charge in [-0.1, -0.05) is 13.8 Å². The molecule has 1 heterocycles. The molecule has 0 unspecified atom stereocenters. The molecule has 0 N–H and O–H groups in total. The average molecular weight is 186 g/mol. The monoisotopic (exact) mass is 186 g/mol. The van der Waals surface area contributed by atoms with Crippen LogP contribution >= 0.6 is 0 Å². The van der Waals surface area contributed by atoms with Gasteiger partial charge in [0.05, 0.1) is 5.57 Å². The molecule has 0 radical (unpaired) electrons. The van der Waals surface area contributed by atoms with E-state index in [0.717, 1.165) is 0 Å². The van der Waals surface area contributed by atoms with E-state index in [-0.39, 0.29) is 5.97 Å². The van der Waals surface area contributed by atoms with Crippen LogP contribution in [-0.4, -0.2) is 11.8 Å². The summed E-state index contributed by atoms with van der Waals surface area (Å²) in [4.78, 5) is 11.1. The molecular weight excluding hydrogens is 168 g/mol. The molecule has 76 valence electrons. The maximum atomic E-state index is 11.1. The molecule has 13 heavy (non-hydrogen) atoms. The second kappa shape index (κ2) is 4.30. The maximum absolute atomic E-state index is 11.1. The Morgan fingerprint density at radius 3 is 1.92 bits per heavy atom. The normalized spacial score (nSPS) is 19.7. The summed E-state index contributed by atoms with van der Waals surface area (Å²) in [5, 5.41) is 0. The predicted molar refractivity (Wildman–Crippen MR) is 51.0 cm³/mol. The van der Waals surface area contributed by atoms with Crippen molar-refractivity contribution < 1.29 is 14.3 Å². The molecule has 0 aliphatic carbocycles. The van der Waals surface area contributed by atoms with E-state index in [1.807, 2.05) is 13.8 Å². The number of hydrogen-bond donors (Lipinski definition) is 0. The minimum atomic E-state index is -0.805. The minimum Gasteiger partial charge on any atom is -0.457 e. The van der Waals surface area contributed by atoms with Gasteiger partial charge in [0, 0.05) is 13.8 Å². The summed E-state index contributed by atoms with van der Waals surface area (Å²) in [6, 6.07) is 0. The molecule has 0 aromatic heterocycles. The highest BCUT2D eigenvalue weighted by atomic mass is 16.7. The van der Waals surface area contributed by atoms with Crippen molar-refractivity contribution in [3.05, 3.63) is 11.3 Å². The standard InChI is InChI=1S/C8H12O3.C2H6/c1-5-6(2)10-8(3,4)11-7(5)9;1-2/h1-4H3;1-2H3. The molecule has 0 fully saturated rings. The number of hydrogen-bond acceptors (Lipinski definition) is 3. The fourth-order valence-electron chi connectivity index (χ4n) is 0.910. The Morgan fingerprint density at radius 1 is 1.08 bits per heavy atom. The van der Waals surface area contributed by atoms with Crippen molar-refractivity contribution in [2.24, 2.45) is 0 Å². The quantitative estimate of drug-likeness (QED) is 0.545. The zero-order chi connectivity index (χ0) is 10.6. The molecule has 0 saturated heterocycles. The van der Waals surface area contributed by atoms with E-state index in [9.17, 15) is 4.79 Å². The van der Waals surface area contributed by atoms with Gasteiger partial charge in [0.25, 0.3) is 0 Å². The zero-order valence-corrected chi connectivity index (χ0v) is 9.22. The molecule has 1 rings (SSSR count). The Morgan fingerprint density at radius 2 is 1.54 bits per heavy atom. The van der Waals surface area contributed by atoms with Crippen LogP contribution < -0.4 is 0 Å². The largest absolute Gasteiger partial charge is 0.457 e. The first-order valence-corrected chi connectivity index (χ1v) is 4.52. The van der Waals surface area contributed by atoms with E-state index in [4.69, 9.17) is 9.47 Å². The second-order valence-electron chi connectivity index (χ2n) is 3.07. The van der Waals surface area contributed by atoms with Crippen LogP contribution in [0, 0.1) is 0 Å². The van der Waals surface area contributed by atoms with Gasteiger partial charge in [0.15, 0.2) is 0 Å². The number of carbonyl (C=O) groups is 1. The van der Waals surface area contributed by atoms with Crippen molar-refractivity contribution in [3.63, 3.8) is 0 Å². The van der Waals surface area contributed by atoms with Crippen LogP contribution in [-0.2, 0) is 14.3 Å². The van der Waals surface area contributed by atoms with Gasteiger partial charge in [0.1, 0.15) is 5.76 Å². The zero-order valence-electron chi connectivity index (χ0n) is 9.22. The van der Waals surface area contributed by atoms with Gasteiger partial charge < -0.3 is 9.47 Å². The number of ether oxygens (including phenoxy) is 2. The van der Waals surface area contributed by atoms with Crippen molar-refractivity contribution in [2.45, 2.75) is 47.3 Å². The van der Waals surface area contributed by atoms with Gasteiger partial charge in [-0.05, 0) is 13.8 Å². The third kappa shape index (κ3) is 3.09. The lowest BCUT2D eigenvalue weighted by Crippen LogP contribution is -2.35. The SMILES string of the molecule is CC.CC1=C(C)C(=O)OC(C)(C)O1. The van der Waals surface area contributed by atoms with E-state index in [2.05, 4.69) is 0 Å². The lowest BCUT2D eigenvalue weighted by Gasteiger charge is -2.31.